The SMILES string of the molecule is COC(=O)NC(C(=O)N1CCC[C@H]1c1ncc(-c2ccc3c(c2)cc2n3C(c3cnc(CC(C)(C)C)s3)Oc3cc(-c4cnc([C@@H]5CCCN5C(=O)[C@@H](NC(=O)OC)C(C)C)[nH]4)cc(F)c3-2)[nH]1)C1CCOC(C)(C)C1. The number of hydrogen-bond donors (Lipinski definition) is 4. The summed E-state index contributed by atoms with van der Waals surface area (Å²) in [6, 6.07) is 9.12. The molecular weight excluding hydrogens is 980 g/mol. The van der Waals surface area contributed by atoms with Crippen LogP contribution in [0.1, 0.15) is 127 Å². The molecule has 4 aliphatic heterocycles. The number of ether oxygens (including phenoxy) is 4. The van der Waals surface area contributed by atoms with E-state index in [9.17, 15) is 19.2 Å². The van der Waals surface area contributed by atoms with Gasteiger partial charge in [0.1, 0.15) is 35.3 Å². The first-order valence-electron chi connectivity index (χ1n) is 25.9. The summed E-state index contributed by atoms with van der Waals surface area (Å²) < 4.78 is 41.8. The van der Waals surface area contributed by atoms with Crippen molar-refractivity contribution in [1.29, 1.82) is 0 Å². The van der Waals surface area contributed by atoms with E-state index in [1.54, 1.807) is 28.6 Å². The molecule has 6 atom stereocenters. The maximum atomic E-state index is 17.1. The number of aromatic nitrogens is 6. The minimum atomic E-state index is -0.781. The van der Waals surface area contributed by atoms with Gasteiger partial charge in [0.15, 0.2) is 0 Å². The van der Waals surface area contributed by atoms with Crippen molar-refractivity contribution < 1.29 is 42.5 Å². The van der Waals surface area contributed by atoms with Crippen LogP contribution in [0.2, 0.25) is 0 Å². The number of likely N-dealkylation sites (tertiary alicyclic amines) is 2. The Kier molecular flexibility index (Phi) is 14.0. The number of alkyl carbamates (subject to hydrolysis) is 2. The first-order valence-corrected chi connectivity index (χ1v) is 26.8. The molecule has 4 aromatic heterocycles. The van der Waals surface area contributed by atoms with E-state index in [4.69, 9.17) is 33.9 Å². The van der Waals surface area contributed by atoms with E-state index < -0.39 is 41.9 Å². The third kappa shape index (κ3) is 10.3. The number of H-pyrrole nitrogens is 2. The number of carbonyl (C=O) groups excluding carboxylic acids is 4. The van der Waals surface area contributed by atoms with E-state index in [1.165, 1.54) is 20.3 Å². The van der Waals surface area contributed by atoms with Gasteiger partial charge in [0.25, 0.3) is 0 Å². The van der Waals surface area contributed by atoms with E-state index in [0.29, 0.717) is 85.3 Å². The third-order valence-corrected chi connectivity index (χ3v) is 16.0. The van der Waals surface area contributed by atoms with Crippen molar-refractivity contribution in [1.82, 2.24) is 49.9 Å². The second kappa shape index (κ2) is 20.4. The number of amides is 4. The fraction of sp³-hybridized carbons (Fsp3) is 0.509. The predicted molar refractivity (Wildman–Crippen MR) is 280 cm³/mol. The molecule has 4 amide bonds. The van der Waals surface area contributed by atoms with Gasteiger partial charge >= 0.3 is 12.2 Å². The van der Waals surface area contributed by atoms with Crippen molar-refractivity contribution in [2.24, 2.45) is 17.3 Å². The van der Waals surface area contributed by atoms with E-state index in [-0.39, 0.29) is 41.1 Å². The van der Waals surface area contributed by atoms with Crippen molar-refractivity contribution in [2.75, 3.05) is 33.9 Å². The first kappa shape index (κ1) is 51.7. The Hall–Kier alpha value is -6.80. The Morgan fingerprint density at radius 1 is 0.853 bits per heavy atom. The number of imidazole rings is 2. The van der Waals surface area contributed by atoms with Crippen LogP contribution in [0, 0.1) is 23.1 Å². The molecule has 0 saturated carbocycles. The summed E-state index contributed by atoms with van der Waals surface area (Å²) >= 11 is 1.58. The summed E-state index contributed by atoms with van der Waals surface area (Å²) in [5.74, 6) is 0.383. The average Bonchev–Trinajstić information content (AvgIpc) is 4.26. The number of nitrogens with zero attached hydrogens (tertiary/aromatic N) is 6. The van der Waals surface area contributed by atoms with Crippen LogP contribution in [0.5, 0.6) is 5.75 Å². The number of methoxy groups -OCH3 is 2. The van der Waals surface area contributed by atoms with Crippen LogP contribution >= 0.6 is 11.3 Å². The van der Waals surface area contributed by atoms with Gasteiger partial charge in [0, 0.05) is 48.8 Å². The number of fused-ring (bicyclic) bond motifs is 5. The Labute approximate surface area is 439 Å². The van der Waals surface area contributed by atoms with Crippen LogP contribution in [0.3, 0.4) is 0 Å². The van der Waals surface area contributed by atoms with Crippen molar-refractivity contribution in [2.45, 2.75) is 129 Å². The molecule has 8 heterocycles. The molecule has 0 radical (unpaired) electrons. The van der Waals surface area contributed by atoms with E-state index >= 15 is 4.39 Å². The summed E-state index contributed by atoms with van der Waals surface area (Å²) in [5.41, 5.74) is 4.05. The van der Waals surface area contributed by atoms with Crippen LogP contribution in [0.4, 0.5) is 14.0 Å². The summed E-state index contributed by atoms with van der Waals surface area (Å²) in [6.07, 6.45) is 8.20. The van der Waals surface area contributed by atoms with Gasteiger partial charge in [-0.25, -0.2) is 28.9 Å². The third-order valence-electron chi connectivity index (χ3n) is 15.0. The fourth-order valence-electron chi connectivity index (χ4n) is 11.4. The van der Waals surface area contributed by atoms with Gasteiger partial charge < -0.3 is 49.3 Å². The molecule has 0 spiro atoms. The molecule has 398 valence electrons. The maximum Gasteiger partial charge on any atom is 0.407 e. The number of carbonyl (C=O) groups is 4. The first-order chi connectivity index (χ1) is 35.8. The Balaban J connectivity index is 0.961. The normalized spacial score (nSPS) is 21.1. The quantitative estimate of drug-likeness (QED) is 0.0906. The molecule has 3 fully saturated rings. The average molecular weight is 1050 g/mol. The number of aromatic amines is 2. The monoisotopic (exact) mass is 1050 g/mol. The Morgan fingerprint density at radius 2 is 1.51 bits per heavy atom. The summed E-state index contributed by atoms with van der Waals surface area (Å²) in [6.45, 7) is 15.8. The number of nitrogens with one attached hydrogen (secondary N) is 4. The highest BCUT2D eigenvalue weighted by Gasteiger charge is 2.44. The maximum absolute atomic E-state index is 17.1. The second-order valence-corrected chi connectivity index (χ2v) is 23.6. The Bertz CT molecular complexity index is 3130. The molecule has 4 N–H and O–H groups in total. The highest BCUT2D eigenvalue weighted by atomic mass is 32.1. The largest absolute Gasteiger partial charge is 0.464 e. The molecule has 4 aliphatic rings. The summed E-state index contributed by atoms with van der Waals surface area (Å²) in [5, 5.41) is 7.37. The molecule has 0 bridgehead atoms. The van der Waals surface area contributed by atoms with Gasteiger partial charge in [-0.05, 0) is 100.0 Å². The molecule has 3 unspecified atom stereocenters. The van der Waals surface area contributed by atoms with Crippen LogP contribution in [-0.4, -0.2) is 115 Å². The zero-order valence-electron chi connectivity index (χ0n) is 44.0. The smallest absolute Gasteiger partial charge is 0.407 e. The van der Waals surface area contributed by atoms with Gasteiger partial charge in [-0.2, -0.15) is 0 Å². The standard InChI is InChI=1S/C55H67FN10O8S/c1-29(2)45(62-52(69)71-8)49(67)64-17-10-12-38(64)48-59-27-36(61-48)32-21-34(56)44-40-22-33-20-30(14-15-37(33)66(40)51(74-41(44)23-32)42-28-57-43(75-42)25-54(3,4)5)35-26-58-47(60-35)39-13-11-18-65(39)50(68)46(63-53(70)72-9)31-16-19-73-55(6,7)24-31/h14-15,20-23,26-29,31,38-39,45-46,51H,10-13,16-19,24-25H2,1-9H3,(H,58,60)(H,59,61)(H,62,69)(H,63,70)/t31?,38-,39-,45-,46?,51?/m0/s1. The molecule has 20 heteroatoms. The summed E-state index contributed by atoms with van der Waals surface area (Å²) in [7, 11) is 2.57. The second-order valence-electron chi connectivity index (χ2n) is 22.4. The molecule has 10 rings (SSSR count). The lowest BCUT2D eigenvalue weighted by Gasteiger charge is -2.40. The van der Waals surface area contributed by atoms with E-state index in [2.05, 4.69) is 47.4 Å². The highest BCUT2D eigenvalue weighted by molar-refractivity contribution is 7.11. The number of rotatable bonds is 12. The Morgan fingerprint density at radius 3 is 2.15 bits per heavy atom. The van der Waals surface area contributed by atoms with Gasteiger partial charge in [-0.3, -0.25) is 14.2 Å². The molecular formula is C55H67FN10O8S. The molecule has 6 aromatic rings. The lowest BCUT2D eigenvalue weighted by atomic mass is 9.82. The van der Waals surface area contributed by atoms with Crippen molar-refractivity contribution >= 4 is 46.2 Å². The number of hydrogen-bond acceptors (Lipinski definition) is 12. The minimum Gasteiger partial charge on any atom is -0.464 e. The van der Waals surface area contributed by atoms with Gasteiger partial charge in [0.05, 0.1) is 82.3 Å². The number of benzene rings is 2. The van der Waals surface area contributed by atoms with E-state index in [0.717, 1.165) is 51.3 Å². The fourth-order valence-corrected chi connectivity index (χ4v) is 12.6. The van der Waals surface area contributed by atoms with Gasteiger partial charge in [-0.15, -0.1) is 11.3 Å². The lowest BCUT2D eigenvalue weighted by Crippen LogP contribution is -2.54. The van der Waals surface area contributed by atoms with Crippen molar-refractivity contribution in [3.05, 3.63) is 82.3 Å². The van der Waals surface area contributed by atoms with Crippen molar-refractivity contribution in [3.8, 4) is 39.5 Å². The molecule has 0 aliphatic carbocycles. The molecule has 18 nitrogen and oxygen atoms in total. The predicted octanol–water partition coefficient (Wildman–Crippen LogP) is 9.85. The number of thiazole rings is 1. The van der Waals surface area contributed by atoms with E-state index in [1.807, 2.05) is 67.6 Å². The zero-order chi connectivity index (χ0) is 53.1. The van der Waals surface area contributed by atoms with Crippen LogP contribution < -0.4 is 15.4 Å². The minimum absolute atomic E-state index is 0.00117. The summed E-state index contributed by atoms with van der Waals surface area (Å²) in [4.78, 5) is 78.9. The van der Waals surface area contributed by atoms with Crippen LogP contribution in [0.25, 0.3) is 44.7 Å². The van der Waals surface area contributed by atoms with Crippen LogP contribution in [0.15, 0.2) is 55.0 Å². The van der Waals surface area contributed by atoms with Crippen LogP contribution in [-0.2, 0) is 30.2 Å². The molecule has 3 saturated heterocycles. The van der Waals surface area contributed by atoms with Crippen molar-refractivity contribution in [3.63, 3.8) is 0 Å². The zero-order valence-corrected chi connectivity index (χ0v) is 44.9. The van der Waals surface area contributed by atoms with Gasteiger partial charge in [0.2, 0.25) is 18.0 Å². The topological polar surface area (TPSA) is 211 Å². The number of halogens is 1. The van der Waals surface area contributed by atoms with Gasteiger partial charge in [-0.1, -0.05) is 40.7 Å². The highest BCUT2D eigenvalue weighted by Crippen LogP contribution is 2.49. The molecule has 75 heavy (non-hydrogen) atoms. The molecule has 2 aromatic carbocycles. The lowest BCUT2D eigenvalue weighted by molar-refractivity contribution is -0.139.